The van der Waals surface area contributed by atoms with Gasteiger partial charge in [0.15, 0.2) is 0 Å². The van der Waals surface area contributed by atoms with Crippen molar-refractivity contribution in [3.63, 3.8) is 0 Å². The fraction of sp³-hybridized carbons (Fsp3) is 0.833. The smallest absolute Gasteiger partial charge is 0.326 e. The van der Waals surface area contributed by atoms with Gasteiger partial charge < -0.3 is 10.6 Å². The number of hydrogen-bond acceptors (Lipinski definition) is 4. The second-order valence-electron chi connectivity index (χ2n) is 8.51. The molecule has 0 aromatic heterocycles. The number of nitrogens with zero attached hydrogens (tertiary/aromatic N) is 2. The van der Waals surface area contributed by atoms with E-state index in [2.05, 4.69) is 17.6 Å². The highest BCUT2D eigenvalue weighted by Gasteiger charge is 2.52. The van der Waals surface area contributed by atoms with Crippen molar-refractivity contribution in [2.24, 2.45) is 5.92 Å². The average molecular weight is 352 g/mol. The topological polar surface area (TPSA) is 81.8 Å². The summed E-state index contributed by atoms with van der Waals surface area (Å²) in [4.78, 5) is 40.5. The van der Waals surface area contributed by atoms with Gasteiger partial charge in [0.2, 0.25) is 5.91 Å². The van der Waals surface area contributed by atoms with E-state index in [1.165, 1.54) is 4.90 Å². The summed E-state index contributed by atoms with van der Waals surface area (Å²) in [5.74, 6) is 0.347. The molecule has 142 valence electrons. The molecule has 1 saturated heterocycles. The average Bonchev–Trinajstić information content (AvgIpc) is 2.72. The molecule has 0 aromatic carbocycles. The number of carbonyl (C=O) groups is 3. The van der Waals surface area contributed by atoms with Crippen LogP contribution in [0.25, 0.3) is 0 Å². The Kier molecular flexibility index (Phi) is 5.76. The SMILES string of the molecule is CCN(CC(=O)NC(C)(C)C)CN1C(=O)NC2(CCC(C)CC2)C1=O. The second kappa shape index (κ2) is 7.32. The predicted octanol–water partition coefficient (Wildman–Crippen LogP) is 1.68. The number of urea groups is 1. The molecule has 0 unspecified atom stereocenters. The molecular formula is C18H32N4O3. The van der Waals surface area contributed by atoms with Gasteiger partial charge in [-0.25, -0.2) is 9.69 Å². The van der Waals surface area contributed by atoms with E-state index in [0.29, 0.717) is 25.3 Å². The maximum absolute atomic E-state index is 12.9. The highest BCUT2D eigenvalue weighted by Crippen LogP contribution is 2.36. The molecule has 0 atom stereocenters. The number of imide groups is 1. The Balaban J connectivity index is 1.99. The van der Waals surface area contributed by atoms with E-state index in [9.17, 15) is 14.4 Å². The lowest BCUT2D eigenvalue weighted by Gasteiger charge is -2.34. The van der Waals surface area contributed by atoms with Gasteiger partial charge in [-0.15, -0.1) is 0 Å². The standard InChI is InChI=1S/C18H32N4O3/c1-6-21(11-14(23)19-17(3,4)5)12-22-15(24)18(20-16(22)25)9-7-13(2)8-10-18/h13H,6-12H2,1-5H3,(H,19,23)(H,20,25). The number of amides is 4. The fourth-order valence-electron chi connectivity index (χ4n) is 3.52. The molecule has 0 bridgehead atoms. The van der Waals surface area contributed by atoms with Crippen LogP contribution < -0.4 is 10.6 Å². The van der Waals surface area contributed by atoms with Crippen LogP contribution in [0, 0.1) is 5.92 Å². The van der Waals surface area contributed by atoms with E-state index in [0.717, 1.165) is 12.8 Å². The van der Waals surface area contributed by atoms with Crippen molar-refractivity contribution in [2.75, 3.05) is 19.8 Å². The van der Waals surface area contributed by atoms with Crippen LogP contribution in [-0.2, 0) is 9.59 Å². The van der Waals surface area contributed by atoms with Gasteiger partial charge >= 0.3 is 6.03 Å². The molecule has 0 aromatic rings. The zero-order valence-corrected chi connectivity index (χ0v) is 16.1. The van der Waals surface area contributed by atoms with E-state index >= 15 is 0 Å². The van der Waals surface area contributed by atoms with Gasteiger partial charge in [0.25, 0.3) is 5.91 Å². The molecule has 1 heterocycles. The number of nitrogens with one attached hydrogen (secondary N) is 2. The molecule has 7 heteroatoms. The monoisotopic (exact) mass is 352 g/mol. The van der Waals surface area contributed by atoms with Gasteiger partial charge in [-0.05, 0) is 58.9 Å². The summed E-state index contributed by atoms with van der Waals surface area (Å²) < 4.78 is 0. The molecule has 4 amide bonds. The van der Waals surface area contributed by atoms with Crippen molar-refractivity contribution in [3.8, 4) is 0 Å². The van der Waals surface area contributed by atoms with Gasteiger partial charge in [-0.1, -0.05) is 13.8 Å². The third kappa shape index (κ3) is 4.71. The Labute approximate surface area is 150 Å². The molecule has 1 aliphatic carbocycles. The van der Waals surface area contributed by atoms with Crippen LogP contribution in [0.2, 0.25) is 0 Å². The van der Waals surface area contributed by atoms with Gasteiger partial charge in [0, 0.05) is 5.54 Å². The van der Waals surface area contributed by atoms with E-state index < -0.39 is 5.54 Å². The van der Waals surface area contributed by atoms with Crippen LogP contribution in [0.3, 0.4) is 0 Å². The number of likely N-dealkylation sites (N-methyl/N-ethyl adjacent to an activating group) is 1. The van der Waals surface area contributed by atoms with Gasteiger partial charge in [0.1, 0.15) is 5.54 Å². The highest BCUT2D eigenvalue weighted by atomic mass is 16.2. The summed E-state index contributed by atoms with van der Waals surface area (Å²) >= 11 is 0. The van der Waals surface area contributed by atoms with Crippen molar-refractivity contribution in [2.45, 2.75) is 71.4 Å². The first-order chi connectivity index (χ1) is 11.6. The maximum Gasteiger partial charge on any atom is 0.326 e. The van der Waals surface area contributed by atoms with Gasteiger partial charge in [-0.2, -0.15) is 0 Å². The van der Waals surface area contributed by atoms with Crippen LogP contribution in [0.15, 0.2) is 0 Å². The van der Waals surface area contributed by atoms with Gasteiger partial charge in [-0.3, -0.25) is 14.5 Å². The normalized spacial score (nSPS) is 27.1. The first-order valence-electron chi connectivity index (χ1n) is 9.24. The van der Waals surface area contributed by atoms with Crippen LogP contribution in [0.5, 0.6) is 0 Å². The molecular weight excluding hydrogens is 320 g/mol. The Hall–Kier alpha value is -1.63. The summed E-state index contributed by atoms with van der Waals surface area (Å²) in [7, 11) is 0. The lowest BCUT2D eigenvalue weighted by molar-refractivity contribution is -0.135. The molecule has 1 aliphatic heterocycles. The van der Waals surface area contributed by atoms with E-state index in [4.69, 9.17) is 0 Å². The summed E-state index contributed by atoms with van der Waals surface area (Å²) in [6.07, 6.45) is 3.30. The molecule has 2 fully saturated rings. The van der Waals surface area contributed by atoms with Crippen molar-refractivity contribution < 1.29 is 14.4 Å². The Morgan fingerprint density at radius 1 is 1.32 bits per heavy atom. The van der Waals surface area contributed by atoms with Crippen LogP contribution in [0.1, 0.15) is 60.3 Å². The Morgan fingerprint density at radius 2 is 1.92 bits per heavy atom. The molecule has 2 N–H and O–H groups in total. The Bertz CT molecular complexity index is 533. The van der Waals surface area contributed by atoms with Crippen molar-refractivity contribution in [1.82, 2.24) is 20.4 Å². The summed E-state index contributed by atoms with van der Waals surface area (Å²) in [5.41, 5.74) is -1.03. The molecule has 0 radical (unpaired) electrons. The summed E-state index contributed by atoms with van der Waals surface area (Å²) in [6.45, 7) is 10.8. The molecule has 2 aliphatic rings. The zero-order valence-electron chi connectivity index (χ0n) is 16.1. The minimum Gasteiger partial charge on any atom is -0.350 e. The summed E-state index contributed by atoms with van der Waals surface area (Å²) in [5, 5.41) is 5.83. The predicted molar refractivity (Wildman–Crippen MR) is 95.8 cm³/mol. The van der Waals surface area contributed by atoms with E-state index in [1.807, 2.05) is 32.6 Å². The number of hydrogen-bond donors (Lipinski definition) is 2. The zero-order chi connectivity index (χ0) is 18.8. The maximum atomic E-state index is 12.9. The molecule has 1 saturated carbocycles. The van der Waals surface area contributed by atoms with Crippen molar-refractivity contribution >= 4 is 17.8 Å². The lowest BCUT2D eigenvalue weighted by Crippen LogP contribution is -2.51. The third-order valence-electron chi connectivity index (χ3n) is 5.04. The van der Waals surface area contributed by atoms with E-state index in [-0.39, 0.29) is 36.6 Å². The minimum absolute atomic E-state index is 0.109. The molecule has 25 heavy (non-hydrogen) atoms. The number of rotatable bonds is 5. The van der Waals surface area contributed by atoms with Crippen molar-refractivity contribution in [3.05, 3.63) is 0 Å². The van der Waals surface area contributed by atoms with Crippen LogP contribution in [0.4, 0.5) is 4.79 Å². The minimum atomic E-state index is -0.726. The second-order valence-corrected chi connectivity index (χ2v) is 8.51. The first kappa shape index (κ1) is 19.7. The fourth-order valence-corrected chi connectivity index (χ4v) is 3.52. The largest absolute Gasteiger partial charge is 0.350 e. The first-order valence-corrected chi connectivity index (χ1v) is 9.24. The molecule has 7 nitrogen and oxygen atoms in total. The quantitative estimate of drug-likeness (QED) is 0.738. The lowest BCUT2D eigenvalue weighted by atomic mass is 9.77. The molecule has 1 spiro atoms. The molecule has 2 rings (SSSR count). The number of carbonyl (C=O) groups excluding carboxylic acids is 3. The van der Waals surface area contributed by atoms with E-state index in [1.54, 1.807) is 0 Å². The highest BCUT2D eigenvalue weighted by molar-refractivity contribution is 6.07. The Morgan fingerprint density at radius 3 is 2.44 bits per heavy atom. The third-order valence-corrected chi connectivity index (χ3v) is 5.04. The van der Waals surface area contributed by atoms with Crippen LogP contribution >= 0.6 is 0 Å². The van der Waals surface area contributed by atoms with Gasteiger partial charge in [0.05, 0.1) is 13.2 Å². The van der Waals surface area contributed by atoms with Crippen molar-refractivity contribution in [1.29, 1.82) is 0 Å². The van der Waals surface area contributed by atoms with Crippen LogP contribution in [-0.4, -0.2) is 58.5 Å². The summed E-state index contributed by atoms with van der Waals surface area (Å²) in [6, 6.07) is -0.339.